The number of nitrogens with one attached hydrogen (secondary N) is 1. The van der Waals surface area contributed by atoms with Crippen LogP contribution in [0, 0.1) is 0 Å². The quantitative estimate of drug-likeness (QED) is 0.880. The number of aliphatic hydroxyl groups excluding tert-OH is 1. The van der Waals surface area contributed by atoms with Gasteiger partial charge in [0.1, 0.15) is 0 Å². The third kappa shape index (κ3) is 3.37. The van der Waals surface area contributed by atoms with Crippen molar-refractivity contribution in [3.05, 3.63) is 23.8 Å². The highest BCUT2D eigenvalue weighted by Gasteiger charge is 2.43. The first-order valence-electron chi connectivity index (χ1n) is 6.54. The fourth-order valence-electron chi connectivity index (χ4n) is 2.60. The SMILES string of the molecule is Cl.OC[C@H](c1ccc2c(c1)OC(F)(F)O2)N1CCNCC1. The molecule has 0 aromatic heterocycles. The predicted octanol–water partition coefficient (Wildman–Crippen LogP) is 1.37. The minimum atomic E-state index is -3.61. The Bertz CT molecular complexity index is 498. The summed E-state index contributed by atoms with van der Waals surface area (Å²) in [5.41, 5.74) is 0.745. The topological polar surface area (TPSA) is 54.0 Å². The van der Waals surface area contributed by atoms with Crippen LogP contribution in [-0.4, -0.2) is 49.1 Å². The van der Waals surface area contributed by atoms with Crippen LogP contribution in [0.2, 0.25) is 0 Å². The monoisotopic (exact) mass is 322 g/mol. The highest BCUT2D eigenvalue weighted by atomic mass is 35.5. The number of hydrogen-bond acceptors (Lipinski definition) is 5. The van der Waals surface area contributed by atoms with Gasteiger partial charge in [-0.05, 0) is 17.7 Å². The maximum atomic E-state index is 13.0. The van der Waals surface area contributed by atoms with E-state index in [0.717, 1.165) is 31.7 Å². The van der Waals surface area contributed by atoms with Crippen LogP contribution in [0.25, 0.3) is 0 Å². The van der Waals surface area contributed by atoms with Gasteiger partial charge in [0, 0.05) is 26.2 Å². The number of piperazine rings is 1. The molecule has 2 N–H and O–H groups in total. The lowest BCUT2D eigenvalue weighted by Gasteiger charge is -2.34. The van der Waals surface area contributed by atoms with Gasteiger partial charge in [-0.3, -0.25) is 4.90 Å². The molecule has 1 saturated heterocycles. The summed E-state index contributed by atoms with van der Waals surface area (Å²) in [5.74, 6) is 0.0387. The van der Waals surface area contributed by atoms with Gasteiger partial charge in [-0.1, -0.05) is 6.07 Å². The van der Waals surface area contributed by atoms with Gasteiger partial charge in [-0.2, -0.15) is 0 Å². The van der Waals surface area contributed by atoms with E-state index in [-0.39, 0.29) is 36.6 Å². The van der Waals surface area contributed by atoms with Crippen molar-refractivity contribution in [3.8, 4) is 11.5 Å². The van der Waals surface area contributed by atoms with E-state index in [0.29, 0.717) is 0 Å². The molecule has 0 bridgehead atoms. The average molecular weight is 323 g/mol. The number of nitrogens with zero attached hydrogens (tertiary/aromatic N) is 1. The number of rotatable bonds is 3. The second-order valence-corrected chi connectivity index (χ2v) is 4.86. The summed E-state index contributed by atoms with van der Waals surface area (Å²) in [6.07, 6.45) is -3.61. The number of alkyl halides is 2. The van der Waals surface area contributed by atoms with Gasteiger partial charge >= 0.3 is 6.29 Å². The van der Waals surface area contributed by atoms with Crippen molar-refractivity contribution in [2.75, 3.05) is 32.8 Å². The van der Waals surface area contributed by atoms with Crippen LogP contribution in [0.15, 0.2) is 18.2 Å². The average Bonchev–Trinajstić information content (AvgIpc) is 2.74. The Morgan fingerprint density at radius 2 is 1.90 bits per heavy atom. The second-order valence-electron chi connectivity index (χ2n) is 4.86. The standard InChI is InChI=1S/C13H16F2N2O3.ClH/c14-13(15)19-11-2-1-9(7-12(11)20-13)10(8-18)17-5-3-16-4-6-17;/h1-2,7,10,16,18H,3-6,8H2;1H/t10-;/m1./s1. The van der Waals surface area contributed by atoms with Gasteiger partial charge < -0.3 is 19.9 Å². The maximum Gasteiger partial charge on any atom is 0.586 e. The van der Waals surface area contributed by atoms with Crippen LogP contribution in [0.3, 0.4) is 0 Å². The number of aliphatic hydroxyl groups is 1. The van der Waals surface area contributed by atoms with Crippen LogP contribution in [0.5, 0.6) is 11.5 Å². The summed E-state index contributed by atoms with van der Waals surface area (Å²) in [5, 5.41) is 12.8. The Labute approximate surface area is 127 Å². The van der Waals surface area contributed by atoms with Crippen molar-refractivity contribution in [1.29, 1.82) is 0 Å². The summed E-state index contributed by atoms with van der Waals surface area (Å²) < 4.78 is 34.8. The largest absolute Gasteiger partial charge is 0.586 e. The third-order valence-electron chi connectivity index (χ3n) is 3.58. The van der Waals surface area contributed by atoms with E-state index in [1.165, 1.54) is 12.1 Å². The summed E-state index contributed by atoms with van der Waals surface area (Å²) in [4.78, 5) is 2.12. The molecule has 1 aromatic carbocycles. The summed E-state index contributed by atoms with van der Waals surface area (Å²) in [6.45, 7) is 3.22. The molecule has 0 unspecified atom stereocenters. The van der Waals surface area contributed by atoms with Gasteiger partial charge in [-0.25, -0.2) is 0 Å². The molecular weight excluding hydrogens is 306 g/mol. The van der Waals surface area contributed by atoms with E-state index in [1.807, 2.05) is 0 Å². The van der Waals surface area contributed by atoms with Crippen LogP contribution in [0.4, 0.5) is 8.78 Å². The zero-order valence-electron chi connectivity index (χ0n) is 11.2. The second kappa shape index (κ2) is 6.31. The lowest BCUT2D eigenvalue weighted by atomic mass is 10.0. The smallest absolute Gasteiger partial charge is 0.395 e. The molecule has 1 fully saturated rings. The highest BCUT2D eigenvalue weighted by molar-refractivity contribution is 5.85. The molecule has 1 atom stereocenters. The van der Waals surface area contributed by atoms with Gasteiger partial charge in [-0.15, -0.1) is 21.2 Å². The molecular formula is C13H17ClF2N2O3. The van der Waals surface area contributed by atoms with E-state index >= 15 is 0 Å². The van der Waals surface area contributed by atoms with Crippen molar-refractivity contribution in [1.82, 2.24) is 10.2 Å². The molecule has 8 heteroatoms. The molecule has 3 rings (SSSR count). The van der Waals surface area contributed by atoms with Crippen molar-refractivity contribution >= 4 is 12.4 Å². The van der Waals surface area contributed by atoms with Gasteiger partial charge in [0.05, 0.1) is 12.6 Å². The first kappa shape index (κ1) is 16.2. The molecule has 2 aliphatic heterocycles. The number of ether oxygens (including phenoxy) is 2. The fourth-order valence-corrected chi connectivity index (χ4v) is 2.60. The van der Waals surface area contributed by atoms with E-state index in [9.17, 15) is 13.9 Å². The molecule has 2 aliphatic rings. The Morgan fingerprint density at radius 1 is 1.24 bits per heavy atom. The lowest BCUT2D eigenvalue weighted by Crippen LogP contribution is -2.46. The van der Waals surface area contributed by atoms with Crippen LogP contribution in [-0.2, 0) is 0 Å². The number of halogens is 3. The first-order valence-corrected chi connectivity index (χ1v) is 6.54. The number of benzene rings is 1. The van der Waals surface area contributed by atoms with Crippen molar-refractivity contribution in [3.63, 3.8) is 0 Å². The third-order valence-corrected chi connectivity index (χ3v) is 3.58. The van der Waals surface area contributed by atoms with Gasteiger partial charge in [0.25, 0.3) is 0 Å². The van der Waals surface area contributed by atoms with Gasteiger partial charge in [0.2, 0.25) is 0 Å². The number of fused-ring (bicyclic) bond motifs is 1. The Morgan fingerprint density at radius 3 is 2.57 bits per heavy atom. The van der Waals surface area contributed by atoms with E-state index in [4.69, 9.17) is 0 Å². The van der Waals surface area contributed by atoms with Crippen molar-refractivity contribution in [2.24, 2.45) is 0 Å². The maximum absolute atomic E-state index is 13.0. The zero-order valence-corrected chi connectivity index (χ0v) is 12.0. The minimum absolute atomic E-state index is 0. The zero-order chi connectivity index (χ0) is 14.2. The molecule has 118 valence electrons. The van der Waals surface area contributed by atoms with E-state index in [2.05, 4.69) is 19.7 Å². The Hall–Kier alpha value is -1.15. The normalized spacial score (nSPS) is 21.7. The molecule has 0 amide bonds. The molecule has 0 saturated carbocycles. The molecule has 21 heavy (non-hydrogen) atoms. The predicted molar refractivity (Wildman–Crippen MR) is 74.2 cm³/mol. The summed E-state index contributed by atoms with van der Waals surface area (Å²) in [7, 11) is 0. The molecule has 5 nitrogen and oxygen atoms in total. The summed E-state index contributed by atoms with van der Waals surface area (Å²) in [6, 6.07) is 4.43. The van der Waals surface area contributed by atoms with Crippen molar-refractivity contribution < 1.29 is 23.4 Å². The van der Waals surface area contributed by atoms with Crippen LogP contribution in [0.1, 0.15) is 11.6 Å². The Kier molecular flexibility index (Phi) is 4.88. The number of hydrogen-bond donors (Lipinski definition) is 2. The summed E-state index contributed by atoms with van der Waals surface area (Å²) >= 11 is 0. The molecule has 0 aliphatic carbocycles. The van der Waals surface area contributed by atoms with Crippen LogP contribution < -0.4 is 14.8 Å². The van der Waals surface area contributed by atoms with Gasteiger partial charge in [0.15, 0.2) is 11.5 Å². The van der Waals surface area contributed by atoms with Crippen molar-refractivity contribution in [2.45, 2.75) is 12.3 Å². The molecule has 2 heterocycles. The Balaban J connectivity index is 0.00000161. The van der Waals surface area contributed by atoms with E-state index < -0.39 is 6.29 Å². The molecule has 0 spiro atoms. The van der Waals surface area contributed by atoms with E-state index in [1.54, 1.807) is 6.07 Å². The fraction of sp³-hybridized carbons (Fsp3) is 0.538. The minimum Gasteiger partial charge on any atom is -0.395 e. The molecule has 0 radical (unpaired) electrons. The first-order chi connectivity index (χ1) is 9.59. The highest BCUT2D eigenvalue weighted by Crippen LogP contribution is 2.42. The lowest BCUT2D eigenvalue weighted by molar-refractivity contribution is -0.286. The van der Waals surface area contributed by atoms with Crippen LogP contribution >= 0.6 is 12.4 Å². The molecule has 1 aromatic rings.